The molecule has 1 N–H and O–H groups in total. The van der Waals surface area contributed by atoms with E-state index < -0.39 is 0 Å². The van der Waals surface area contributed by atoms with E-state index in [9.17, 15) is 0 Å². The van der Waals surface area contributed by atoms with E-state index in [0.29, 0.717) is 11.6 Å². The summed E-state index contributed by atoms with van der Waals surface area (Å²) in [5, 5.41) is 3.53. The first-order chi connectivity index (χ1) is 6.93. The van der Waals surface area contributed by atoms with Crippen LogP contribution >= 0.6 is 0 Å². The van der Waals surface area contributed by atoms with Gasteiger partial charge in [-0.3, -0.25) is 4.90 Å². The van der Waals surface area contributed by atoms with Crippen LogP contribution in [0, 0.1) is 5.92 Å². The monoisotopic (exact) mass is 212 g/mol. The third-order valence-corrected chi connectivity index (χ3v) is 3.61. The Labute approximate surface area is 95.4 Å². The fraction of sp³-hybridized carbons (Fsp3) is 1.00. The van der Waals surface area contributed by atoms with E-state index in [2.05, 4.69) is 44.8 Å². The summed E-state index contributed by atoms with van der Waals surface area (Å²) in [6.45, 7) is 15.3. The molecule has 0 aromatic rings. The average molecular weight is 212 g/mol. The summed E-state index contributed by atoms with van der Waals surface area (Å²) >= 11 is 0. The second-order valence-electron chi connectivity index (χ2n) is 5.99. The molecule has 0 amide bonds. The second kappa shape index (κ2) is 5.31. The molecule has 2 nitrogen and oxygen atoms in total. The average Bonchev–Trinajstić information content (AvgIpc) is 2.22. The fourth-order valence-electron chi connectivity index (χ4n) is 2.48. The van der Waals surface area contributed by atoms with E-state index >= 15 is 0 Å². The highest BCUT2D eigenvalue weighted by Crippen LogP contribution is 2.24. The molecule has 0 radical (unpaired) electrons. The third-order valence-electron chi connectivity index (χ3n) is 3.61. The van der Waals surface area contributed by atoms with Crippen LogP contribution in [-0.2, 0) is 0 Å². The third kappa shape index (κ3) is 3.76. The first kappa shape index (κ1) is 13.0. The summed E-state index contributed by atoms with van der Waals surface area (Å²) in [6, 6.07) is 0.668. The Morgan fingerprint density at radius 3 is 2.67 bits per heavy atom. The summed E-state index contributed by atoms with van der Waals surface area (Å²) in [4.78, 5) is 2.69. The van der Waals surface area contributed by atoms with Crippen molar-refractivity contribution in [3.63, 3.8) is 0 Å². The molecule has 0 spiro atoms. The minimum Gasteiger partial charge on any atom is -0.315 e. The van der Waals surface area contributed by atoms with Crippen molar-refractivity contribution in [1.82, 2.24) is 10.2 Å². The standard InChI is InChI=1S/C13H28N2/c1-11(2)6-9-15-12(3)10-14-8-7-13(15,4)5/h11-12,14H,6-10H2,1-5H3. The van der Waals surface area contributed by atoms with Gasteiger partial charge in [-0.25, -0.2) is 0 Å². The van der Waals surface area contributed by atoms with Crippen LogP contribution < -0.4 is 5.32 Å². The molecule has 0 aliphatic carbocycles. The molecular weight excluding hydrogens is 184 g/mol. The number of hydrogen-bond acceptors (Lipinski definition) is 2. The Bertz CT molecular complexity index is 187. The smallest absolute Gasteiger partial charge is 0.0197 e. The van der Waals surface area contributed by atoms with Gasteiger partial charge in [0, 0.05) is 18.1 Å². The summed E-state index contributed by atoms with van der Waals surface area (Å²) in [5.74, 6) is 0.809. The second-order valence-corrected chi connectivity index (χ2v) is 5.99. The molecule has 90 valence electrons. The number of nitrogens with zero attached hydrogens (tertiary/aromatic N) is 1. The molecule has 0 aromatic carbocycles. The van der Waals surface area contributed by atoms with Crippen molar-refractivity contribution in [3.05, 3.63) is 0 Å². The minimum atomic E-state index is 0.359. The van der Waals surface area contributed by atoms with Crippen LogP contribution in [-0.4, -0.2) is 36.1 Å². The topological polar surface area (TPSA) is 15.3 Å². The Morgan fingerprint density at radius 2 is 2.07 bits per heavy atom. The van der Waals surface area contributed by atoms with Crippen LogP contribution in [0.4, 0.5) is 0 Å². The predicted molar refractivity (Wildman–Crippen MR) is 67.2 cm³/mol. The van der Waals surface area contributed by atoms with Gasteiger partial charge in [-0.05, 0) is 52.6 Å². The highest BCUT2D eigenvalue weighted by Gasteiger charge is 2.31. The highest BCUT2D eigenvalue weighted by atomic mass is 15.2. The molecule has 1 saturated heterocycles. The van der Waals surface area contributed by atoms with Crippen molar-refractivity contribution in [3.8, 4) is 0 Å². The number of hydrogen-bond donors (Lipinski definition) is 1. The Hall–Kier alpha value is -0.0800. The van der Waals surface area contributed by atoms with E-state index in [1.807, 2.05) is 0 Å². The van der Waals surface area contributed by atoms with Crippen molar-refractivity contribution in [2.45, 2.75) is 59.0 Å². The normalized spacial score (nSPS) is 28.0. The predicted octanol–water partition coefficient (Wildman–Crippen LogP) is 2.49. The van der Waals surface area contributed by atoms with Gasteiger partial charge in [-0.2, -0.15) is 0 Å². The van der Waals surface area contributed by atoms with Crippen LogP contribution in [0.2, 0.25) is 0 Å². The van der Waals surface area contributed by atoms with E-state index in [1.54, 1.807) is 0 Å². The van der Waals surface area contributed by atoms with E-state index in [0.717, 1.165) is 19.0 Å². The lowest BCUT2D eigenvalue weighted by molar-refractivity contribution is 0.0803. The Balaban J connectivity index is 2.60. The lowest BCUT2D eigenvalue weighted by Gasteiger charge is -2.41. The largest absolute Gasteiger partial charge is 0.315 e. The van der Waals surface area contributed by atoms with Gasteiger partial charge < -0.3 is 5.32 Å². The van der Waals surface area contributed by atoms with Gasteiger partial charge in [-0.1, -0.05) is 13.8 Å². The molecule has 1 atom stereocenters. The fourth-order valence-corrected chi connectivity index (χ4v) is 2.48. The molecule has 1 aliphatic heterocycles. The molecule has 0 saturated carbocycles. The first-order valence-electron chi connectivity index (χ1n) is 6.41. The van der Waals surface area contributed by atoms with Crippen molar-refractivity contribution in [1.29, 1.82) is 0 Å². The molecule has 1 rings (SSSR count). The van der Waals surface area contributed by atoms with E-state index in [1.165, 1.54) is 19.4 Å². The lowest BCUT2D eigenvalue weighted by atomic mass is 9.96. The van der Waals surface area contributed by atoms with E-state index in [4.69, 9.17) is 0 Å². The van der Waals surface area contributed by atoms with Gasteiger partial charge in [-0.15, -0.1) is 0 Å². The summed E-state index contributed by atoms with van der Waals surface area (Å²) < 4.78 is 0. The maximum atomic E-state index is 3.53. The lowest BCUT2D eigenvalue weighted by Crippen LogP contribution is -2.49. The van der Waals surface area contributed by atoms with Crippen LogP contribution in [0.15, 0.2) is 0 Å². The summed E-state index contributed by atoms with van der Waals surface area (Å²) in [7, 11) is 0. The van der Waals surface area contributed by atoms with Gasteiger partial charge in [0.05, 0.1) is 0 Å². The zero-order valence-electron chi connectivity index (χ0n) is 11.1. The van der Waals surface area contributed by atoms with Gasteiger partial charge in [0.15, 0.2) is 0 Å². The summed E-state index contributed by atoms with van der Waals surface area (Å²) in [5.41, 5.74) is 0.359. The molecular formula is C13H28N2. The van der Waals surface area contributed by atoms with Crippen LogP contribution in [0.5, 0.6) is 0 Å². The zero-order valence-corrected chi connectivity index (χ0v) is 11.1. The van der Waals surface area contributed by atoms with E-state index in [-0.39, 0.29) is 0 Å². The minimum absolute atomic E-state index is 0.359. The maximum Gasteiger partial charge on any atom is 0.0197 e. The number of nitrogens with one attached hydrogen (secondary N) is 1. The van der Waals surface area contributed by atoms with Gasteiger partial charge in [0.2, 0.25) is 0 Å². The Morgan fingerprint density at radius 1 is 1.40 bits per heavy atom. The van der Waals surface area contributed by atoms with Crippen LogP contribution in [0.3, 0.4) is 0 Å². The van der Waals surface area contributed by atoms with Crippen molar-refractivity contribution >= 4 is 0 Å². The number of rotatable bonds is 3. The van der Waals surface area contributed by atoms with Crippen molar-refractivity contribution in [2.24, 2.45) is 5.92 Å². The highest BCUT2D eigenvalue weighted by molar-refractivity contribution is 4.89. The van der Waals surface area contributed by atoms with Crippen LogP contribution in [0.25, 0.3) is 0 Å². The molecule has 15 heavy (non-hydrogen) atoms. The van der Waals surface area contributed by atoms with Gasteiger partial charge in [0.25, 0.3) is 0 Å². The maximum absolute atomic E-state index is 3.53. The zero-order chi connectivity index (χ0) is 11.5. The quantitative estimate of drug-likeness (QED) is 0.773. The molecule has 1 unspecified atom stereocenters. The molecule has 0 aromatic heterocycles. The Kier molecular flexibility index (Phi) is 4.60. The SMILES string of the molecule is CC(C)CCN1C(C)CNCCC1(C)C. The van der Waals surface area contributed by atoms with Crippen LogP contribution in [0.1, 0.15) is 47.5 Å². The van der Waals surface area contributed by atoms with Crippen molar-refractivity contribution < 1.29 is 0 Å². The first-order valence-corrected chi connectivity index (χ1v) is 6.41. The van der Waals surface area contributed by atoms with Gasteiger partial charge in [0.1, 0.15) is 0 Å². The van der Waals surface area contributed by atoms with Crippen molar-refractivity contribution in [2.75, 3.05) is 19.6 Å². The molecule has 2 heteroatoms. The summed E-state index contributed by atoms with van der Waals surface area (Å²) in [6.07, 6.45) is 2.57. The molecule has 0 bridgehead atoms. The van der Waals surface area contributed by atoms with Gasteiger partial charge >= 0.3 is 0 Å². The molecule has 1 heterocycles. The molecule has 1 aliphatic rings. The molecule has 1 fully saturated rings.